The maximum Gasteiger partial charge on any atom is 0.240 e. The monoisotopic (exact) mass is 352 g/mol. The first-order chi connectivity index (χ1) is 7.58. The van der Waals surface area contributed by atoms with Crippen LogP contribution in [0.2, 0.25) is 0 Å². The van der Waals surface area contributed by atoms with Crippen molar-refractivity contribution in [2.45, 2.75) is 17.4 Å². The molecule has 1 heterocycles. The van der Waals surface area contributed by atoms with Gasteiger partial charge in [0.25, 0.3) is 0 Å². The number of hydrogen-bond acceptors (Lipinski definition) is 3. The van der Waals surface area contributed by atoms with E-state index in [1.54, 1.807) is 18.2 Å². The maximum atomic E-state index is 12.0. The number of sulfonamides is 1. The van der Waals surface area contributed by atoms with Crippen molar-refractivity contribution in [1.29, 1.82) is 0 Å². The molecule has 2 rings (SSSR count). The zero-order chi connectivity index (χ0) is 11.6. The highest BCUT2D eigenvalue weighted by Crippen LogP contribution is 2.14. The van der Waals surface area contributed by atoms with Gasteiger partial charge in [0.1, 0.15) is 0 Å². The fraction of sp³-hybridized carbons (Fsp3) is 0.400. The predicted molar refractivity (Wildman–Crippen MR) is 70.8 cm³/mol. The molecule has 0 aromatic heterocycles. The average molecular weight is 352 g/mol. The largest absolute Gasteiger partial charge is 0.315 e. The lowest BCUT2D eigenvalue weighted by Crippen LogP contribution is -2.36. The molecular weight excluding hydrogens is 339 g/mol. The van der Waals surface area contributed by atoms with Gasteiger partial charge in [0.05, 0.1) is 4.90 Å². The SMILES string of the molecule is O=S(=O)(NC1CCNC1)c1cccc(I)c1. The van der Waals surface area contributed by atoms with E-state index in [2.05, 4.69) is 32.6 Å². The Labute approximate surface area is 109 Å². The topological polar surface area (TPSA) is 58.2 Å². The molecule has 0 bridgehead atoms. The summed E-state index contributed by atoms with van der Waals surface area (Å²) in [6.45, 7) is 1.59. The van der Waals surface area contributed by atoms with Crippen LogP contribution in [0.25, 0.3) is 0 Å². The molecule has 88 valence electrons. The third-order valence-electron chi connectivity index (χ3n) is 2.49. The van der Waals surface area contributed by atoms with E-state index >= 15 is 0 Å². The Morgan fingerprint density at radius 2 is 2.25 bits per heavy atom. The van der Waals surface area contributed by atoms with Crippen molar-refractivity contribution in [3.8, 4) is 0 Å². The molecule has 1 aromatic rings. The molecule has 0 radical (unpaired) electrons. The number of nitrogens with one attached hydrogen (secondary N) is 2. The number of rotatable bonds is 3. The average Bonchev–Trinajstić information content (AvgIpc) is 2.70. The van der Waals surface area contributed by atoms with Crippen LogP contribution >= 0.6 is 22.6 Å². The molecule has 0 aliphatic carbocycles. The number of halogens is 1. The number of hydrogen-bond donors (Lipinski definition) is 2. The standard InChI is InChI=1S/C10H13IN2O2S/c11-8-2-1-3-10(6-8)16(14,15)13-9-4-5-12-7-9/h1-3,6,9,12-13H,4-5,7H2. The normalized spacial score (nSPS) is 21.2. The number of benzene rings is 1. The third-order valence-corrected chi connectivity index (χ3v) is 4.68. The lowest BCUT2D eigenvalue weighted by atomic mass is 10.3. The molecule has 1 fully saturated rings. The quantitative estimate of drug-likeness (QED) is 0.796. The summed E-state index contributed by atoms with van der Waals surface area (Å²) in [7, 11) is -3.36. The lowest BCUT2D eigenvalue weighted by Gasteiger charge is -2.11. The minimum absolute atomic E-state index is 0.0165. The third kappa shape index (κ3) is 2.93. The Balaban J connectivity index is 2.18. The molecule has 1 atom stereocenters. The Bertz CT molecular complexity index is 469. The first-order valence-electron chi connectivity index (χ1n) is 5.06. The van der Waals surface area contributed by atoms with Crippen molar-refractivity contribution in [3.63, 3.8) is 0 Å². The van der Waals surface area contributed by atoms with Crippen LogP contribution in [0.15, 0.2) is 29.2 Å². The van der Waals surface area contributed by atoms with Crippen LogP contribution in [0, 0.1) is 3.57 Å². The molecule has 1 saturated heterocycles. The summed E-state index contributed by atoms with van der Waals surface area (Å²) in [5.41, 5.74) is 0. The van der Waals surface area contributed by atoms with Crippen molar-refractivity contribution >= 4 is 32.6 Å². The second kappa shape index (κ2) is 4.99. The molecule has 1 aliphatic rings. The Hall–Kier alpha value is -0.180. The summed E-state index contributed by atoms with van der Waals surface area (Å²) in [6.07, 6.45) is 0.850. The molecule has 4 nitrogen and oxygen atoms in total. The van der Waals surface area contributed by atoms with Gasteiger partial charge >= 0.3 is 0 Å². The molecule has 1 aromatic carbocycles. The zero-order valence-corrected chi connectivity index (χ0v) is 11.6. The Morgan fingerprint density at radius 3 is 2.88 bits per heavy atom. The molecule has 1 unspecified atom stereocenters. The van der Waals surface area contributed by atoms with Gasteiger partial charge < -0.3 is 5.32 Å². The summed E-state index contributed by atoms with van der Waals surface area (Å²) in [5.74, 6) is 0. The van der Waals surface area contributed by atoms with Crippen molar-refractivity contribution in [2.24, 2.45) is 0 Å². The van der Waals surface area contributed by atoms with Crippen molar-refractivity contribution < 1.29 is 8.42 Å². The van der Waals surface area contributed by atoms with Gasteiger partial charge in [-0.15, -0.1) is 0 Å². The van der Waals surface area contributed by atoms with Crippen LogP contribution in [-0.2, 0) is 10.0 Å². The van der Waals surface area contributed by atoms with E-state index in [0.717, 1.165) is 16.5 Å². The minimum Gasteiger partial charge on any atom is -0.315 e. The van der Waals surface area contributed by atoms with Gasteiger partial charge in [0, 0.05) is 16.2 Å². The van der Waals surface area contributed by atoms with Crippen LogP contribution in [0.5, 0.6) is 0 Å². The van der Waals surface area contributed by atoms with E-state index in [0.29, 0.717) is 11.4 Å². The Kier molecular flexibility index (Phi) is 3.83. The van der Waals surface area contributed by atoms with Gasteiger partial charge in [0.15, 0.2) is 0 Å². The summed E-state index contributed by atoms with van der Waals surface area (Å²) < 4.78 is 27.6. The van der Waals surface area contributed by atoms with E-state index in [1.165, 1.54) is 0 Å². The highest BCUT2D eigenvalue weighted by atomic mass is 127. The summed E-state index contributed by atoms with van der Waals surface area (Å²) in [4.78, 5) is 0.339. The van der Waals surface area contributed by atoms with E-state index in [1.807, 2.05) is 6.07 Å². The van der Waals surface area contributed by atoms with Gasteiger partial charge in [-0.2, -0.15) is 0 Å². The van der Waals surface area contributed by atoms with Crippen LogP contribution < -0.4 is 10.0 Å². The molecule has 0 saturated carbocycles. The van der Waals surface area contributed by atoms with Crippen molar-refractivity contribution in [2.75, 3.05) is 13.1 Å². The lowest BCUT2D eigenvalue weighted by molar-refractivity contribution is 0.560. The molecule has 2 N–H and O–H groups in total. The summed E-state index contributed by atoms with van der Waals surface area (Å²) in [5, 5.41) is 3.13. The van der Waals surface area contributed by atoms with Crippen LogP contribution in [-0.4, -0.2) is 27.5 Å². The predicted octanol–water partition coefficient (Wildman–Crippen LogP) is 0.931. The Morgan fingerprint density at radius 1 is 1.44 bits per heavy atom. The molecule has 6 heteroatoms. The highest BCUT2D eigenvalue weighted by molar-refractivity contribution is 14.1. The molecule has 0 spiro atoms. The van der Waals surface area contributed by atoms with E-state index in [-0.39, 0.29) is 6.04 Å². The highest BCUT2D eigenvalue weighted by Gasteiger charge is 2.22. The summed E-state index contributed by atoms with van der Waals surface area (Å²) in [6, 6.07) is 6.93. The fourth-order valence-electron chi connectivity index (χ4n) is 1.68. The molecule has 1 aliphatic heterocycles. The van der Waals surface area contributed by atoms with Crippen molar-refractivity contribution in [1.82, 2.24) is 10.0 Å². The van der Waals surface area contributed by atoms with Crippen LogP contribution in [0.4, 0.5) is 0 Å². The van der Waals surface area contributed by atoms with Gasteiger partial charge in [-0.3, -0.25) is 0 Å². The van der Waals surface area contributed by atoms with Gasteiger partial charge in [0.2, 0.25) is 10.0 Å². The van der Waals surface area contributed by atoms with Crippen molar-refractivity contribution in [3.05, 3.63) is 27.8 Å². The first-order valence-corrected chi connectivity index (χ1v) is 7.63. The van der Waals surface area contributed by atoms with Gasteiger partial charge in [-0.25, -0.2) is 13.1 Å². The summed E-state index contributed by atoms with van der Waals surface area (Å²) >= 11 is 2.11. The van der Waals surface area contributed by atoms with E-state index in [9.17, 15) is 8.42 Å². The fourth-order valence-corrected chi connectivity index (χ4v) is 3.75. The second-order valence-electron chi connectivity index (χ2n) is 3.77. The van der Waals surface area contributed by atoms with Crippen LogP contribution in [0.1, 0.15) is 6.42 Å². The molecule has 0 amide bonds. The first kappa shape index (κ1) is 12.3. The maximum absolute atomic E-state index is 12.0. The molecular formula is C10H13IN2O2S. The van der Waals surface area contributed by atoms with Gasteiger partial charge in [-0.1, -0.05) is 6.07 Å². The van der Waals surface area contributed by atoms with Gasteiger partial charge in [-0.05, 0) is 53.8 Å². The smallest absolute Gasteiger partial charge is 0.240 e. The van der Waals surface area contributed by atoms with E-state index in [4.69, 9.17) is 0 Å². The second-order valence-corrected chi connectivity index (χ2v) is 6.73. The van der Waals surface area contributed by atoms with E-state index < -0.39 is 10.0 Å². The zero-order valence-electron chi connectivity index (χ0n) is 8.61. The minimum atomic E-state index is -3.36. The van der Waals surface area contributed by atoms with Crippen LogP contribution in [0.3, 0.4) is 0 Å². The molecule has 16 heavy (non-hydrogen) atoms.